The van der Waals surface area contributed by atoms with Gasteiger partial charge in [0, 0.05) is 12.3 Å². The molecule has 1 saturated carbocycles. The number of aliphatic hydroxyl groups is 1. The Hall–Kier alpha value is -1.81. The third-order valence-corrected chi connectivity index (χ3v) is 4.85. The Bertz CT molecular complexity index is 570. The molecule has 4 nitrogen and oxygen atoms in total. The van der Waals surface area contributed by atoms with Crippen LogP contribution in [0.3, 0.4) is 0 Å². The lowest BCUT2D eigenvalue weighted by molar-refractivity contribution is -0.140. The lowest BCUT2D eigenvalue weighted by Gasteiger charge is -2.18. The molecule has 2 aliphatic carbocycles. The minimum absolute atomic E-state index is 0.155. The number of methoxy groups -OCH3 is 1. The standard InChI is InChI=1S/C18H22O4/c1-21-18(20)7-4-12-9-13-11-17(19)15(16(13)10-12)6-5-14-3-2-8-22-14/h2-3,5-6,8-9,13,15-17,19H,4,7,10-11H2,1H3/b6-5+/t13-,15+,16-,17+/m0/s1. The maximum atomic E-state index is 11.3. The summed E-state index contributed by atoms with van der Waals surface area (Å²) in [5, 5.41) is 10.3. The maximum Gasteiger partial charge on any atom is 0.305 e. The predicted molar refractivity (Wildman–Crippen MR) is 82.8 cm³/mol. The van der Waals surface area contributed by atoms with Gasteiger partial charge in [-0.05, 0) is 49.3 Å². The number of rotatable bonds is 5. The quantitative estimate of drug-likeness (QED) is 0.670. The van der Waals surface area contributed by atoms with Crippen LogP contribution in [-0.2, 0) is 9.53 Å². The van der Waals surface area contributed by atoms with Crippen molar-refractivity contribution in [3.05, 3.63) is 41.9 Å². The van der Waals surface area contributed by atoms with Gasteiger partial charge in [-0.15, -0.1) is 0 Å². The number of furan rings is 1. The third kappa shape index (κ3) is 3.17. The molecule has 1 fully saturated rings. The summed E-state index contributed by atoms with van der Waals surface area (Å²) < 4.78 is 10.00. The average Bonchev–Trinajstić information content (AvgIpc) is 3.20. The Morgan fingerprint density at radius 1 is 1.55 bits per heavy atom. The Labute approximate surface area is 130 Å². The van der Waals surface area contributed by atoms with Gasteiger partial charge in [-0.3, -0.25) is 4.79 Å². The Kier molecular flexibility index (Phi) is 4.48. The normalized spacial score (nSPS) is 30.5. The van der Waals surface area contributed by atoms with E-state index >= 15 is 0 Å². The topological polar surface area (TPSA) is 59.7 Å². The second-order valence-corrected chi connectivity index (χ2v) is 6.19. The highest BCUT2D eigenvalue weighted by Gasteiger charge is 2.43. The molecular weight excluding hydrogens is 280 g/mol. The van der Waals surface area contributed by atoms with Gasteiger partial charge in [-0.2, -0.15) is 0 Å². The van der Waals surface area contributed by atoms with E-state index in [0.717, 1.165) is 25.0 Å². The second-order valence-electron chi connectivity index (χ2n) is 6.19. The largest absolute Gasteiger partial charge is 0.469 e. The molecule has 0 unspecified atom stereocenters. The minimum Gasteiger partial charge on any atom is -0.469 e. The van der Waals surface area contributed by atoms with E-state index in [9.17, 15) is 9.90 Å². The molecule has 0 spiro atoms. The zero-order valence-electron chi connectivity index (χ0n) is 12.8. The van der Waals surface area contributed by atoms with Crippen LogP contribution >= 0.6 is 0 Å². The van der Waals surface area contributed by atoms with Crippen molar-refractivity contribution in [2.45, 2.75) is 31.8 Å². The van der Waals surface area contributed by atoms with Gasteiger partial charge in [0.2, 0.25) is 0 Å². The van der Waals surface area contributed by atoms with Crippen molar-refractivity contribution in [1.82, 2.24) is 0 Å². The van der Waals surface area contributed by atoms with E-state index in [-0.39, 0.29) is 18.0 Å². The molecule has 0 aliphatic heterocycles. The number of carbonyl (C=O) groups is 1. The predicted octanol–water partition coefficient (Wildman–Crippen LogP) is 3.19. The fourth-order valence-electron chi connectivity index (χ4n) is 3.75. The molecule has 0 radical (unpaired) electrons. The molecule has 4 atom stereocenters. The number of aliphatic hydroxyl groups excluding tert-OH is 1. The molecular formula is C18H22O4. The number of hydrogen-bond donors (Lipinski definition) is 1. The highest BCUT2D eigenvalue weighted by molar-refractivity contribution is 5.69. The smallest absolute Gasteiger partial charge is 0.305 e. The highest BCUT2D eigenvalue weighted by atomic mass is 16.5. The van der Waals surface area contributed by atoms with Gasteiger partial charge in [0.1, 0.15) is 5.76 Å². The van der Waals surface area contributed by atoms with Crippen LogP contribution in [0.1, 0.15) is 31.4 Å². The summed E-state index contributed by atoms with van der Waals surface area (Å²) in [6, 6.07) is 3.76. The van der Waals surface area contributed by atoms with E-state index in [1.807, 2.05) is 18.2 Å². The van der Waals surface area contributed by atoms with Gasteiger partial charge in [-0.25, -0.2) is 0 Å². The summed E-state index contributed by atoms with van der Waals surface area (Å²) >= 11 is 0. The van der Waals surface area contributed by atoms with Crippen molar-refractivity contribution < 1.29 is 19.1 Å². The van der Waals surface area contributed by atoms with Crippen molar-refractivity contribution in [2.75, 3.05) is 7.11 Å². The molecule has 4 heteroatoms. The summed E-state index contributed by atoms with van der Waals surface area (Å²) in [6.45, 7) is 0. The molecule has 0 amide bonds. The Balaban J connectivity index is 1.61. The molecule has 2 aliphatic rings. The molecule has 1 heterocycles. The van der Waals surface area contributed by atoms with Crippen LogP contribution < -0.4 is 0 Å². The summed E-state index contributed by atoms with van der Waals surface area (Å²) in [6.07, 6.45) is 10.6. The van der Waals surface area contributed by atoms with E-state index in [4.69, 9.17) is 9.15 Å². The van der Waals surface area contributed by atoms with Gasteiger partial charge in [-0.1, -0.05) is 17.7 Å². The van der Waals surface area contributed by atoms with E-state index in [2.05, 4.69) is 12.2 Å². The number of fused-ring (bicyclic) bond motifs is 1. The van der Waals surface area contributed by atoms with Crippen molar-refractivity contribution in [2.24, 2.45) is 17.8 Å². The first-order chi connectivity index (χ1) is 10.7. The van der Waals surface area contributed by atoms with Gasteiger partial charge in [0.15, 0.2) is 0 Å². The second kappa shape index (κ2) is 6.53. The van der Waals surface area contributed by atoms with E-state index in [0.29, 0.717) is 18.3 Å². The number of ether oxygens (including phenoxy) is 1. The van der Waals surface area contributed by atoms with Crippen LogP contribution in [-0.4, -0.2) is 24.3 Å². The van der Waals surface area contributed by atoms with Crippen molar-refractivity contribution in [3.8, 4) is 0 Å². The van der Waals surface area contributed by atoms with Crippen LogP contribution in [0.2, 0.25) is 0 Å². The van der Waals surface area contributed by atoms with Crippen LogP contribution in [0.15, 0.2) is 40.5 Å². The minimum atomic E-state index is -0.292. The van der Waals surface area contributed by atoms with Gasteiger partial charge in [0.05, 0.1) is 19.5 Å². The third-order valence-electron chi connectivity index (χ3n) is 4.85. The maximum absolute atomic E-state index is 11.3. The number of carbonyl (C=O) groups excluding carboxylic acids is 1. The van der Waals surface area contributed by atoms with Crippen LogP contribution in [0, 0.1) is 17.8 Å². The van der Waals surface area contributed by atoms with E-state index in [1.54, 1.807) is 6.26 Å². The molecule has 0 saturated heterocycles. The fraction of sp³-hybridized carbons (Fsp3) is 0.500. The number of esters is 1. The van der Waals surface area contributed by atoms with Crippen LogP contribution in [0.4, 0.5) is 0 Å². The summed E-state index contributed by atoms with van der Waals surface area (Å²) in [4.78, 5) is 11.3. The average molecular weight is 302 g/mol. The molecule has 118 valence electrons. The zero-order valence-corrected chi connectivity index (χ0v) is 12.8. The summed E-state index contributed by atoms with van der Waals surface area (Å²) in [5.74, 6) is 1.67. The van der Waals surface area contributed by atoms with Crippen molar-refractivity contribution >= 4 is 12.0 Å². The van der Waals surface area contributed by atoms with Crippen molar-refractivity contribution in [3.63, 3.8) is 0 Å². The van der Waals surface area contributed by atoms with Gasteiger partial charge < -0.3 is 14.3 Å². The molecule has 1 N–H and O–H groups in total. The summed E-state index contributed by atoms with van der Waals surface area (Å²) in [5.41, 5.74) is 1.32. The van der Waals surface area contributed by atoms with Crippen LogP contribution in [0.5, 0.6) is 0 Å². The fourth-order valence-corrected chi connectivity index (χ4v) is 3.75. The molecule has 22 heavy (non-hydrogen) atoms. The first-order valence-corrected chi connectivity index (χ1v) is 7.83. The number of hydrogen-bond acceptors (Lipinski definition) is 4. The lowest BCUT2D eigenvalue weighted by Crippen LogP contribution is -2.17. The van der Waals surface area contributed by atoms with Gasteiger partial charge >= 0.3 is 5.97 Å². The first kappa shape index (κ1) is 15.1. The van der Waals surface area contributed by atoms with E-state index in [1.165, 1.54) is 12.7 Å². The zero-order chi connectivity index (χ0) is 15.5. The molecule has 3 rings (SSSR count). The Morgan fingerprint density at radius 3 is 3.14 bits per heavy atom. The monoisotopic (exact) mass is 302 g/mol. The van der Waals surface area contributed by atoms with Crippen LogP contribution in [0.25, 0.3) is 6.08 Å². The molecule has 1 aromatic heterocycles. The summed E-state index contributed by atoms with van der Waals surface area (Å²) in [7, 11) is 1.42. The molecule has 0 bridgehead atoms. The lowest BCUT2D eigenvalue weighted by atomic mass is 9.89. The molecule has 1 aromatic rings. The Morgan fingerprint density at radius 2 is 2.41 bits per heavy atom. The first-order valence-electron chi connectivity index (χ1n) is 7.83. The number of allylic oxidation sites excluding steroid dienone is 2. The van der Waals surface area contributed by atoms with Crippen molar-refractivity contribution in [1.29, 1.82) is 0 Å². The highest BCUT2D eigenvalue weighted by Crippen LogP contribution is 2.48. The molecule has 0 aromatic carbocycles. The van der Waals surface area contributed by atoms with E-state index < -0.39 is 0 Å². The SMILES string of the molecule is COC(=O)CCC1=C[C@H]2C[C@@H](O)[C@H](/C=C/c3ccco3)[C@H]2C1. The van der Waals surface area contributed by atoms with Gasteiger partial charge in [0.25, 0.3) is 0 Å².